The second-order valence-corrected chi connectivity index (χ2v) is 4.79. The molecule has 2 nitrogen and oxygen atoms in total. The lowest BCUT2D eigenvalue weighted by molar-refractivity contribution is 0.665. The zero-order chi connectivity index (χ0) is 10.4. The molecule has 1 heterocycles. The minimum atomic E-state index is 0.594. The van der Waals surface area contributed by atoms with Crippen LogP contribution in [0.15, 0.2) is 24.4 Å². The molecule has 0 unspecified atom stereocenters. The molecule has 1 aliphatic rings. The highest BCUT2D eigenvalue weighted by atomic mass is 15.3. The third kappa shape index (κ3) is 1.44. The van der Waals surface area contributed by atoms with Crippen LogP contribution in [0, 0.1) is 0 Å². The molecule has 2 heteroatoms. The second kappa shape index (κ2) is 3.09. The van der Waals surface area contributed by atoms with Crippen molar-refractivity contribution < 1.29 is 0 Å². The summed E-state index contributed by atoms with van der Waals surface area (Å²) in [4.78, 5) is 0. The van der Waals surface area contributed by atoms with Crippen molar-refractivity contribution >= 4 is 10.9 Å². The molecule has 0 amide bonds. The van der Waals surface area contributed by atoms with E-state index in [-0.39, 0.29) is 0 Å². The minimum absolute atomic E-state index is 0.594. The van der Waals surface area contributed by atoms with Gasteiger partial charge in [0.2, 0.25) is 0 Å². The van der Waals surface area contributed by atoms with Crippen molar-refractivity contribution in [3.63, 3.8) is 0 Å². The topological polar surface area (TPSA) is 17.8 Å². The van der Waals surface area contributed by atoms with E-state index in [1.165, 1.54) is 29.3 Å². The fourth-order valence-corrected chi connectivity index (χ4v) is 2.02. The summed E-state index contributed by atoms with van der Waals surface area (Å²) < 4.78 is 2.20. The summed E-state index contributed by atoms with van der Waals surface area (Å²) in [5, 5.41) is 5.74. The first-order valence-electron chi connectivity index (χ1n) is 5.73. The van der Waals surface area contributed by atoms with Crippen LogP contribution in [0.2, 0.25) is 0 Å². The van der Waals surface area contributed by atoms with E-state index >= 15 is 0 Å². The van der Waals surface area contributed by atoms with E-state index < -0.39 is 0 Å². The molecule has 78 valence electrons. The van der Waals surface area contributed by atoms with E-state index in [1.54, 1.807) is 0 Å². The van der Waals surface area contributed by atoms with Gasteiger partial charge in [-0.25, -0.2) is 0 Å². The minimum Gasteiger partial charge on any atom is -0.262 e. The van der Waals surface area contributed by atoms with Crippen molar-refractivity contribution in [2.75, 3.05) is 0 Å². The van der Waals surface area contributed by atoms with Crippen LogP contribution in [0.4, 0.5) is 0 Å². The quantitative estimate of drug-likeness (QED) is 0.725. The molecule has 1 aromatic carbocycles. The molecule has 15 heavy (non-hydrogen) atoms. The fraction of sp³-hybridized carbons (Fsp3) is 0.462. The van der Waals surface area contributed by atoms with Crippen molar-refractivity contribution in [2.45, 2.75) is 38.6 Å². The van der Waals surface area contributed by atoms with Gasteiger partial charge in [0, 0.05) is 5.39 Å². The van der Waals surface area contributed by atoms with Crippen LogP contribution in [-0.2, 0) is 0 Å². The number of hydrogen-bond acceptors (Lipinski definition) is 1. The molecular formula is C13H16N2. The first kappa shape index (κ1) is 8.96. The Morgan fingerprint density at radius 3 is 2.80 bits per heavy atom. The van der Waals surface area contributed by atoms with E-state index in [9.17, 15) is 0 Å². The third-order valence-corrected chi connectivity index (χ3v) is 3.18. The van der Waals surface area contributed by atoms with Gasteiger partial charge in [0.15, 0.2) is 0 Å². The molecule has 0 aliphatic heterocycles. The number of hydrogen-bond donors (Lipinski definition) is 0. The van der Waals surface area contributed by atoms with E-state index in [0.717, 1.165) is 0 Å². The van der Waals surface area contributed by atoms with E-state index in [1.807, 2.05) is 6.20 Å². The van der Waals surface area contributed by atoms with Crippen LogP contribution in [0.5, 0.6) is 0 Å². The number of fused-ring (bicyclic) bond motifs is 1. The molecule has 1 saturated carbocycles. The SMILES string of the molecule is CC(C)c1ccc2cnn(C3CC3)c2c1. The molecule has 0 bridgehead atoms. The average molecular weight is 200 g/mol. The van der Waals surface area contributed by atoms with Crippen molar-refractivity contribution in [1.82, 2.24) is 9.78 Å². The second-order valence-electron chi connectivity index (χ2n) is 4.79. The fourth-order valence-electron chi connectivity index (χ4n) is 2.02. The van der Waals surface area contributed by atoms with Gasteiger partial charge in [0.05, 0.1) is 17.8 Å². The molecule has 0 saturated heterocycles. The molecule has 0 atom stereocenters. The van der Waals surface area contributed by atoms with Gasteiger partial charge in [-0.2, -0.15) is 5.10 Å². The van der Waals surface area contributed by atoms with Gasteiger partial charge in [-0.15, -0.1) is 0 Å². The Labute approximate surface area is 89.9 Å². The van der Waals surface area contributed by atoms with Crippen molar-refractivity contribution in [3.05, 3.63) is 30.0 Å². The molecular weight excluding hydrogens is 184 g/mol. The summed E-state index contributed by atoms with van der Waals surface area (Å²) in [6.07, 6.45) is 4.57. The smallest absolute Gasteiger partial charge is 0.0688 e. The lowest BCUT2D eigenvalue weighted by atomic mass is 10.0. The maximum absolute atomic E-state index is 4.47. The zero-order valence-corrected chi connectivity index (χ0v) is 9.27. The Bertz CT molecular complexity index is 492. The predicted molar refractivity (Wildman–Crippen MR) is 62.1 cm³/mol. The Kier molecular flexibility index (Phi) is 1.84. The van der Waals surface area contributed by atoms with Crippen molar-refractivity contribution in [1.29, 1.82) is 0 Å². The van der Waals surface area contributed by atoms with Gasteiger partial charge >= 0.3 is 0 Å². The normalized spacial score (nSPS) is 16.5. The first-order valence-corrected chi connectivity index (χ1v) is 5.73. The van der Waals surface area contributed by atoms with Gasteiger partial charge in [0.1, 0.15) is 0 Å². The average Bonchev–Trinajstić information content (AvgIpc) is 2.98. The van der Waals surface area contributed by atoms with Crippen LogP contribution < -0.4 is 0 Å². The molecule has 0 N–H and O–H groups in total. The lowest BCUT2D eigenvalue weighted by Gasteiger charge is -2.06. The van der Waals surface area contributed by atoms with Crippen LogP contribution >= 0.6 is 0 Å². The van der Waals surface area contributed by atoms with Crippen LogP contribution in [0.25, 0.3) is 10.9 Å². The van der Waals surface area contributed by atoms with Crippen molar-refractivity contribution in [3.8, 4) is 0 Å². The largest absolute Gasteiger partial charge is 0.262 e. The molecule has 2 aromatic rings. The first-order chi connectivity index (χ1) is 7.25. The highest BCUT2D eigenvalue weighted by molar-refractivity contribution is 5.79. The van der Waals surface area contributed by atoms with Gasteiger partial charge in [-0.3, -0.25) is 4.68 Å². The molecule has 1 aliphatic carbocycles. The van der Waals surface area contributed by atoms with Crippen molar-refractivity contribution in [2.24, 2.45) is 0 Å². The standard InChI is InChI=1S/C13H16N2/c1-9(2)10-3-4-11-8-14-15(12-5-6-12)13(11)7-10/h3-4,7-9,12H,5-6H2,1-2H3. The summed E-state index contributed by atoms with van der Waals surface area (Å²) in [5.41, 5.74) is 2.72. The summed E-state index contributed by atoms with van der Waals surface area (Å²) in [7, 11) is 0. The van der Waals surface area contributed by atoms with Crippen LogP contribution in [0.1, 0.15) is 44.2 Å². The molecule has 3 rings (SSSR count). The predicted octanol–water partition coefficient (Wildman–Crippen LogP) is 3.49. The van der Waals surface area contributed by atoms with E-state index in [4.69, 9.17) is 0 Å². The lowest BCUT2D eigenvalue weighted by Crippen LogP contribution is -1.96. The Hall–Kier alpha value is -1.31. The molecule has 1 fully saturated rings. The monoisotopic (exact) mass is 200 g/mol. The Morgan fingerprint density at radius 1 is 1.33 bits per heavy atom. The third-order valence-electron chi connectivity index (χ3n) is 3.18. The zero-order valence-electron chi connectivity index (χ0n) is 9.27. The summed E-state index contributed by atoms with van der Waals surface area (Å²) in [6, 6.07) is 7.37. The maximum Gasteiger partial charge on any atom is 0.0688 e. The van der Waals surface area contributed by atoms with E-state index in [0.29, 0.717) is 12.0 Å². The number of nitrogens with zero attached hydrogens (tertiary/aromatic N) is 2. The van der Waals surface area contributed by atoms with Gasteiger partial charge in [-0.05, 0) is 30.4 Å². The summed E-state index contributed by atoms with van der Waals surface area (Å²) in [5.74, 6) is 0.594. The summed E-state index contributed by atoms with van der Waals surface area (Å²) in [6.45, 7) is 4.47. The number of rotatable bonds is 2. The number of aromatic nitrogens is 2. The highest BCUT2D eigenvalue weighted by Crippen LogP contribution is 2.37. The molecule has 1 aromatic heterocycles. The molecule has 0 spiro atoms. The molecule has 0 radical (unpaired) electrons. The summed E-state index contributed by atoms with van der Waals surface area (Å²) >= 11 is 0. The highest BCUT2D eigenvalue weighted by Gasteiger charge is 2.25. The van der Waals surface area contributed by atoms with Crippen LogP contribution in [0.3, 0.4) is 0 Å². The van der Waals surface area contributed by atoms with Gasteiger partial charge < -0.3 is 0 Å². The van der Waals surface area contributed by atoms with Gasteiger partial charge in [-0.1, -0.05) is 26.0 Å². The van der Waals surface area contributed by atoms with E-state index in [2.05, 4.69) is 41.8 Å². The Morgan fingerprint density at radius 2 is 2.13 bits per heavy atom. The number of benzene rings is 1. The maximum atomic E-state index is 4.47. The van der Waals surface area contributed by atoms with Crippen LogP contribution in [-0.4, -0.2) is 9.78 Å². The Balaban J connectivity index is 2.17. The van der Waals surface area contributed by atoms with Gasteiger partial charge in [0.25, 0.3) is 0 Å².